The Bertz CT molecular complexity index is 2410. The van der Waals surface area contributed by atoms with Crippen LogP contribution >= 0.6 is 11.3 Å². The van der Waals surface area contributed by atoms with Crippen LogP contribution in [-0.4, -0.2) is 4.57 Å². The maximum Gasteiger partial charge on any atom is 0.0626 e. The van der Waals surface area contributed by atoms with Gasteiger partial charge in [-0.1, -0.05) is 109 Å². The van der Waals surface area contributed by atoms with Crippen molar-refractivity contribution >= 4 is 74.9 Å². The normalized spacial score (nSPS) is 12.0. The van der Waals surface area contributed by atoms with E-state index in [2.05, 4.69) is 144 Å². The molecular formula is C38H23NS. The number of hydrogen-bond donors (Lipinski definition) is 0. The summed E-state index contributed by atoms with van der Waals surface area (Å²) < 4.78 is 5.16. The Balaban J connectivity index is 1.48. The molecule has 0 N–H and O–H groups in total. The minimum atomic E-state index is 1.18. The van der Waals surface area contributed by atoms with Gasteiger partial charge in [0, 0.05) is 47.4 Å². The second-order valence-electron chi connectivity index (χ2n) is 10.5. The molecule has 1 nitrogen and oxygen atoms in total. The van der Waals surface area contributed by atoms with Gasteiger partial charge in [0.1, 0.15) is 0 Å². The second kappa shape index (κ2) is 8.29. The molecule has 2 heteroatoms. The first-order valence-corrected chi connectivity index (χ1v) is 14.5. The lowest BCUT2D eigenvalue weighted by Crippen LogP contribution is -1.95. The van der Waals surface area contributed by atoms with Crippen LogP contribution in [0.1, 0.15) is 0 Å². The first-order chi connectivity index (χ1) is 19.9. The largest absolute Gasteiger partial charge is 0.309 e. The van der Waals surface area contributed by atoms with E-state index < -0.39 is 0 Å². The van der Waals surface area contributed by atoms with Gasteiger partial charge in [-0.05, 0) is 52.2 Å². The first-order valence-electron chi connectivity index (χ1n) is 13.7. The van der Waals surface area contributed by atoms with Crippen LogP contribution in [-0.2, 0) is 0 Å². The molecule has 186 valence electrons. The van der Waals surface area contributed by atoms with Crippen molar-refractivity contribution in [2.45, 2.75) is 0 Å². The maximum atomic E-state index is 2.48. The average Bonchev–Trinajstić information content (AvgIpc) is 3.58. The minimum Gasteiger partial charge on any atom is -0.309 e. The van der Waals surface area contributed by atoms with Gasteiger partial charge in [0.15, 0.2) is 0 Å². The SMILES string of the molecule is c1ccc(-c2ccc(-n3c4ccccc4c4c5ccccc5c5c(ccc6sc7ccccc7c65)c43)cc2)cc1. The van der Waals surface area contributed by atoms with Crippen molar-refractivity contribution in [3.05, 3.63) is 140 Å². The molecule has 9 rings (SSSR count). The van der Waals surface area contributed by atoms with Crippen LogP contribution in [0.3, 0.4) is 0 Å². The number of fused-ring (bicyclic) bond motifs is 12. The lowest BCUT2D eigenvalue weighted by Gasteiger charge is -2.14. The third-order valence-electron chi connectivity index (χ3n) is 8.37. The van der Waals surface area contributed by atoms with Crippen molar-refractivity contribution in [1.29, 1.82) is 0 Å². The highest BCUT2D eigenvalue weighted by atomic mass is 32.1. The summed E-state index contributed by atoms with van der Waals surface area (Å²) >= 11 is 1.89. The van der Waals surface area contributed by atoms with Gasteiger partial charge in [-0.25, -0.2) is 0 Å². The van der Waals surface area contributed by atoms with Crippen molar-refractivity contribution in [3.63, 3.8) is 0 Å². The summed E-state index contributed by atoms with van der Waals surface area (Å²) in [7, 11) is 0. The van der Waals surface area contributed by atoms with E-state index in [0.717, 1.165) is 0 Å². The highest BCUT2D eigenvalue weighted by molar-refractivity contribution is 7.26. The number of nitrogens with zero attached hydrogens (tertiary/aromatic N) is 1. The molecular weight excluding hydrogens is 502 g/mol. The fourth-order valence-corrected chi connectivity index (χ4v) is 7.80. The van der Waals surface area contributed by atoms with Gasteiger partial charge >= 0.3 is 0 Å². The van der Waals surface area contributed by atoms with E-state index in [4.69, 9.17) is 0 Å². The van der Waals surface area contributed by atoms with Crippen molar-refractivity contribution in [1.82, 2.24) is 4.57 Å². The van der Waals surface area contributed by atoms with E-state index >= 15 is 0 Å². The molecule has 0 atom stereocenters. The second-order valence-corrected chi connectivity index (χ2v) is 11.6. The van der Waals surface area contributed by atoms with E-state index in [9.17, 15) is 0 Å². The third-order valence-corrected chi connectivity index (χ3v) is 9.51. The van der Waals surface area contributed by atoms with Crippen LogP contribution in [0.4, 0.5) is 0 Å². The van der Waals surface area contributed by atoms with E-state index in [1.165, 1.54) is 80.3 Å². The summed E-state index contributed by atoms with van der Waals surface area (Å²) in [6.45, 7) is 0. The lowest BCUT2D eigenvalue weighted by atomic mass is 9.94. The van der Waals surface area contributed by atoms with Crippen molar-refractivity contribution in [2.24, 2.45) is 0 Å². The van der Waals surface area contributed by atoms with E-state index in [0.29, 0.717) is 0 Å². The molecule has 0 unspecified atom stereocenters. The van der Waals surface area contributed by atoms with Crippen LogP contribution in [0.5, 0.6) is 0 Å². The maximum absolute atomic E-state index is 2.48. The summed E-state index contributed by atoms with van der Waals surface area (Å²) in [6.07, 6.45) is 0. The molecule has 2 aromatic heterocycles. The van der Waals surface area contributed by atoms with Crippen LogP contribution in [0.2, 0.25) is 0 Å². The van der Waals surface area contributed by atoms with Gasteiger partial charge in [-0.2, -0.15) is 0 Å². The Kier molecular flexibility index (Phi) is 4.55. The molecule has 0 saturated heterocycles. The number of para-hydroxylation sites is 1. The topological polar surface area (TPSA) is 4.93 Å². The molecule has 40 heavy (non-hydrogen) atoms. The summed E-state index contributed by atoms with van der Waals surface area (Å²) in [5.41, 5.74) is 6.15. The quantitative estimate of drug-likeness (QED) is 0.198. The first kappa shape index (κ1) is 22.0. The van der Waals surface area contributed by atoms with Gasteiger partial charge in [-0.3, -0.25) is 0 Å². The van der Waals surface area contributed by atoms with Gasteiger partial charge in [0.05, 0.1) is 11.0 Å². The molecule has 0 saturated carbocycles. The molecule has 2 heterocycles. The molecule has 0 aliphatic rings. The van der Waals surface area contributed by atoms with E-state index in [-0.39, 0.29) is 0 Å². The van der Waals surface area contributed by atoms with Gasteiger partial charge < -0.3 is 4.57 Å². The fraction of sp³-hybridized carbons (Fsp3) is 0. The molecule has 0 amide bonds. The van der Waals surface area contributed by atoms with Crippen molar-refractivity contribution in [2.75, 3.05) is 0 Å². The van der Waals surface area contributed by atoms with Gasteiger partial charge in [0.2, 0.25) is 0 Å². The predicted octanol–water partition coefficient (Wildman–Crippen LogP) is 11.1. The number of benzene rings is 7. The van der Waals surface area contributed by atoms with Crippen molar-refractivity contribution in [3.8, 4) is 16.8 Å². The average molecular weight is 526 g/mol. The molecule has 0 radical (unpaired) electrons. The third kappa shape index (κ3) is 2.97. The van der Waals surface area contributed by atoms with Crippen LogP contribution in [0.15, 0.2) is 140 Å². The minimum absolute atomic E-state index is 1.18. The Hall–Kier alpha value is -4.92. The zero-order valence-electron chi connectivity index (χ0n) is 21.6. The van der Waals surface area contributed by atoms with Crippen molar-refractivity contribution < 1.29 is 0 Å². The summed E-state index contributed by atoms with van der Waals surface area (Å²) in [6, 6.07) is 51.0. The summed E-state index contributed by atoms with van der Waals surface area (Å²) in [5, 5.41) is 10.6. The van der Waals surface area contributed by atoms with Crippen LogP contribution < -0.4 is 0 Å². The van der Waals surface area contributed by atoms with Gasteiger partial charge in [0.25, 0.3) is 0 Å². The molecule has 0 bridgehead atoms. The number of aromatic nitrogens is 1. The zero-order chi connectivity index (χ0) is 26.2. The highest BCUT2D eigenvalue weighted by Crippen LogP contribution is 2.47. The molecule has 0 fully saturated rings. The fourth-order valence-electron chi connectivity index (χ4n) is 6.68. The standard InChI is InChI=1S/C38H23NS/c1-2-10-24(11-3-1)25-18-20-26(21-19-25)39-32-16-8-6-14-29(32)36-28-13-5-4-12-27(28)35-31(38(36)39)22-23-34-37(35)30-15-7-9-17-33(30)40-34/h1-23H. The Morgan fingerprint density at radius 2 is 1.00 bits per heavy atom. The zero-order valence-corrected chi connectivity index (χ0v) is 22.5. The number of rotatable bonds is 2. The summed E-state index contributed by atoms with van der Waals surface area (Å²) in [4.78, 5) is 0. The van der Waals surface area contributed by atoms with Crippen LogP contribution in [0.25, 0.3) is 80.3 Å². The molecule has 7 aromatic carbocycles. The smallest absolute Gasteiger partial charge is 0.0626 e. The monoisotopic (exact) mass is 525 g/mol. The molecule has 0 spiro atoms. The molecule has 9 aromatic rings. The predicted molar refractivity (Wildman–Crippen MR) is 174 cm³/mol. The Labute approximate surface area is 235 Å². The highest BCUT2D eigenvalue weighted by Gasteiger charge is 2.21. The Morgan fingerprint density at radius 3 is 1.80 bits per heavy atom. The Morgan fingerprint density at radius 1 is 0.375 bits per heavy atom. The lowest BCUT2D eigenvalue weighted by molar-refractivity contribution is 1.19. The number of thiophene rings is 1. The molecule has 0 aliphatic carbocycles. The summed E-state index contributed by atoms with van der Waals surface area (Å²) in [5.74, 6) is 0. The van der Waals surface area contributed by atoms with Crippen LogP contribution in [0, 0.1) is 0 Å². The molecule has 0 aliphatic heterocycles. The van der Waals surface area contributed by atoms with Gasteiger partial charge in [-0.15, -0.1) is 11.3 Å². The number of hydrogen-bond acceptors (Lipinski definition) is 1. The van der Waals surface area contributed by atoms with E-state index in [1.54, 1.807) is 0 Å². The van der Waals surface area contributed by atoms with E-state index in [1.807, 2.05) is 11.3 Å².